The molecule has 0 amide bonds. The Morgan fingerprint density at radius 3 is 2.75 bits per heavy atom. The van der Waals surface area contributed by atoms with Crippen LogP contribution in [0.25, 0.3) is 0 Å². The van der Waals surface area contributed by atoms with E-state index in [-0.39, 0.29) is 0 Å². The molecule has 20 heavy (non-hydrogen) atoms. The second-order valence-electron chi connectivity index (χ2n) is 6.33. The van der Waals surface area contributed by atoms with Crippen LogP contribution in [0.3, 0.4) is 0 Å². The van der Waals surface area contributed by atoms with Gasteiger partial charge in [0.05, 0.1) is 0 Å². The predicted octanol–water partition coefficient (Wildman–Crippen LogP) is 2.12. The predicted molar refractivity (Wildman–Crippen MR) is 83.9 cm³/mol. The molecule has 2 saturated heterocycles. The Balaban J connectivity index is 1.69. The molecule has 2 heterocycles. The smallest absolute Gasteiger partial charge is 0.0476 e. The van der Waals surface area contributed by atoms with Gasteiger partial charge in [-0.1, -0.05) is 36.8 Å². The minimum Gasteiger partial charge on any atom is -0.313 e. The fourth-order valence-electron chi connectivity index (χ4n) is 3.53. The largest absolute Gasteiger partial charge is 0.313 e. The van der Waals surface area contributed by atoms with E-state index in [0.717, 1.165) is 6.54 Å². The molecule has 0 spiro atoms. The molecular formula is C17H27N3. The zero-order chi connectivity index (χ0) is 13.8. The summed E-state index contributed by atoms with van der Waals surface area (Å²) in [7, 11) is 2.24. The molecule has 2 atom stereocenters. The summed E-state index contributed by atoms with van der Waals surface area (Å²) in [6.45, 7) is 5.93. The summed E-state index contributed by atoms with van der Waals surface area (Å²) >= 11 is 0. The summed E-state index contributed by atoms with van der Waals surface area (Å²) < 4.78 is 0. The molecule has 3 nitrogen and oxygen atoms in total. The van der Waals surface area contributed by atoms with E-state index in [1.165, 1.54) is 51.0 Å². The number of nitrogens with zero attached hydrogens (tertiary/aromatic N) is 2. The Kier molecular flexibility index (Phi) is 4.71. The normalized spacial score (nSPS) is 29.4. The van der Waals surface area contributed by atoms with Crippen molar-refractivity contribution in [2.75, 3.05) is 39.8 Å². The van der Waals surface area contributed by atoms with Crippen molar-refractivity contribution in [2.45, 2.75) is 31.3 Å². The molecule has 0 radical (unpaired) electrons. The van der Waals surface area contributed by atoms with E-state index in [0.29, 0.717) is 12.1 Å². The lowest BCUT2D eigenvalue weighted by molar-refractivity contribution is 0.0771. The van der Waals surface area contributed by atoms with Gasteiger partial charge in [0.25, 0.3) is 0 Å². The highest BCUT2D eigenvalue weighted by molar-refractivity contribution is 5.20. The third-order valence-corrected chi connectivity index (χ3v) is 4.75. The number of likely N-dealkylation sites (N-methyl/N-ethyl adjacent to an activating group) is 1. The number of hydrogen-bond acceptors (Lipinski definition) is 3. The molecule has 3 rings (SSSR count). The number of benzene rings is 1. The van der Waals surface area contributed by atoms with Crippen LogP contribution in [-0.2, 0) is 0 Å². The van der Waals surface area contributed by atoms with Crippen molar-refractivity contribution < 1.29 is 0 Å². The first-order valence-electron chi connectivity index (χ1n) is 8.04. The number of piperazine rings is 1. The van der Waals surface area contributed by atoms with Gasteiger partial charge >= 0.3 is 0 Å². The third-order valence-electron chi connectivity index (χ3n) is 4.75. The number of nitrogens with one attached hydrogen (secondary N) is 1. The Bertz CT molecular complexity index is 400. The molecule has 0 aromatic heterocycles. The highest BCUT2D eigenvalue weighted by atomic mass is 15.3. The monoisotopic (exact) mass is 273 g/mol. The van der Waals surface area contributed by atoms with E-state index in [9.17, 15) is 0 Å². The summed E-state index contributed by atoms with van der Waals surface area (Å²) in [5.41, 5.74) is 1.47. The quantitative estimate of drug-likeness (QED) is 0.910. The maximum absolute atomic E-state index is 3.69. The average molecular weight is 273 g/mol. The Labute approximate surface area is 123 Å². The Morgan fingerprint density at radius 1 is 1.15 bits per heavy atom. The lowest BCUT2D eigenvalue weighted by atomic mass is 9.99. The lowest BCUT2D eigenvalue weighted by Gasteiger charge is -2.42. The molecular weight excluding hydrogens is 246 g/mol. The molecule has 1 aromatic carbocycles. The fourth-order valence-corrected chi connectivity index (χ4v) is 3.53. The first-order chi connectivity index (χ1) is 9.83. The topological polar surface area (TPSA) is 18.5 Å². The number of rotatable bonds is 3. The van der Waals surface area contributed by atoms with Crippen molar-refractivity contribution in [3.8, 4) is 0 Å². The standard InChI is InChI=1S/C17H27N3/c1-19-11-12-20(13-16-9-5-6-10-18-16)17(14-19)15-7-3-2-4-8-15/h2-4,7-8,16-18H,5-6,9-14H2,1H3. The Hall–Kier alpha value is -0.900. The van der Waals surface area contributed by atoms with E-state index in [1.807, 2.05) is 0 Å². The number of piperidine rings is 1. The van der Waals surface area contributed by atoms with Crippen molar-refractivity contribution >= 4 is 0 Å². The molecule has 110 valence electrons. The van der Waals surface area contributed by atoms with Gasteiger partial charge in [0.15, 0.2) is 0 Å². The molecule has 0 aliphatic carbocycles. The second-order valence-corrected chi connectivity index (χ2v) is 6.33. The maximum atomic E-state index is 3.69. The summed E-state index contributed by atoms with van der Waals surface area (Å²) in [5, 5.41) is 3.69. The molecule has 1 aromatic rings. The summed E-state index contributed by atoms with van der Waals surface area (Å²) in [6.07, 6.45) is 4.08. The Morgan fingerprint density at radius 2 is 2.00 bits per heavy atom. The molecule has 2 aliphatic rings. The molecule has 1 N–H and O–H groups in total. The van der Waals surface area contributed by atoms with Crippen molar-refractivity contribution in [1.29, 1.82) is 0 Å². The fraction of sp³-hybridized carbons (Fsp3) is 0.647. The van der Waals surface area contributed by atoms with E-state index in [2.05, 4.69) is 52.5 Å². The van der Waals surface area contributed by atoms with Crippen LogP contribution in [0, 0.1) is 0 Å². The van der Waals surface area contributed by atoms with Gasteiger partial charge in [-0.15, -0.1) is 0 Å². The van der Waals surface area contributed by atoms with Crippen LogP contribution in [0.5, 0.6) is 0 Å². The van der Waals surface area contributed by atoms with E-state index in [1.54, 1.807) is 0 Å². The van der Waals surface area contributed by atoms with Crippen LogP contribution in [0.1, 0.15) is 30.9 Å². The van der Waals surface area contributed by atoms with Gasteiger partial charge in [-0.3, -0.25) is 4.90 Å². The molecule has 2 unspecified atom stereocenters. The zero-order valence-corrected chi connectivity index (χ0v) is 12.6. The van der Waals surface area contributed by atoms with Crippen molar-refractivity contribution in [3.05, 3.63) is 35.9 Å². The van der Waals surface area contributed by atoms with Crippen molar-refractivity contribution in [2.24, 2.45) is 0 Å². The highest BCUT2D eigenvalue weighted by Gasteiger charge is 2.28. The van der Waals surface area contributed by atoms with E-state index in [4.69, 9.17) is 0 Å². The molecule has 2 aliphatic heterocycles. The van der Waals surface area contributed by atoms with Gasteiger partial charge in [-0.2, -0.15) is 0 Å². The summed E-state index contributed by atoms with van der Waals surface area (Å²) in [6, 6.07) is 12.3. The van der Waals surface area contributed by atoms with Gasteiger partial charge in [-0.05, 0) is 32.0 Å². The van der Waals surface area contributed by atoms with Crippen LogP contribution in [0.15, 0.2) is 30.3 Å². The van der Waals surface area contributed by atoms with Crippen LogP contribution < -0.4 is 5.32 Å². The van der Waals surface area contributed by atoms with Crippen LogP contribution >= 0.6 is 0 Å². The SMILES string of the molecule is CN1CCN(CC2CCCCN2)C(c2ccccc2)C1. The van der Waals surface area contributed by atoms with Crippen molar-refractivity contribution in [1.82, 2.24) is 15.1 Å². The van der Waals surface area contributed by atoms with Crippen LogP contribution in [0.2, 0.25) is 0 Å². The van der Waals surface area contributed by atoms with Crippen LogP contribution in [0.4, 0.5) is 0 Å². The van der Waals surface area contributed by atoms with Gasteiger partial charge in [0.1, 0.15) is 0 Å². The van der Waals surface area contributed by atoms with Crippen LogP contribution in [-0.4, -0.2) is 55.6 Å². The second kappa shape index (κ2) is 6.70. The summed E-state index contributed by atoms with van der Waals surface area (Å²) in [4.78, 5) is 5.15. The minimum absolute atomic E-state index is 0.554. The van der Waals surface area contributed by atoms with E-state index < -0.39 is 0 Å². The highest BCUT2D eigenvalue weighted by Crippen LogP contribution is 2.25. The molecule has 3 heteroatoms. The molecule has 2 fully saturated rings. The minimum atomic E-state index is 0.554. The first-order valence-corrected chi connectivity index (χ1v) is 8.04. The lowest BCUT2D eigenvalue weighted by Crippen LogP contribution is -2.52. The van der Waals surface area contributed by atoms with E-state index >= 15 is 0 Å². The number of hydrogen-bond donors (Lipinski definition) is 1. The maximum Gasteiger partial charge on any atom is 0.0476 e. The van der Waals surface area contributed by atoms with Gasteiger partial charge in [0, 0.05) is 38.3 Å². The average Bonchev–Trinajstić information content (AvgIpc) is 2.51. The summed E-state index contributed by atoms with van der Waals surface area (Å²) in [5.74, 6) is 0. The molecule has 0 saturated carbocycles. The zero-order valence-electron chi connectivity index (χ0n) is 12.6. The first kappa shape index (κ1) is 14.1. The molecule has 0 bridgehead atoms. The van der Waals surface area contributed by atoms with Gasteiger partial charge in [-0.25, -0.2) is 0 Å². The van der Waals surface area contributed by atoms with Crippen molar-refractivity contribution in [3.63, 3.8) is 0 Å². The van der Waals surface area contributed by atoms with Gasteiger partial charge < -0.3 is 10.2 Å². The third kappa shape index (κ3) is 3.40. The van der Waals surface area contributed by atoms with Gasteiger partial charge in [0.2, 0.25) is 0 Å².